The van der Waals surface area contributed by atoms with E-state index in [-0.39, 0.29) is 17.8 Å². The summed E-state index contributed by atoms with van der Waals surface area (Å²) in [5.41, 5.74) is 9.84. The summed E-state index contributed by atoms with van der Waals surface area (Å²) in [5.74, 6) is 0.875. The zero-order valence-electron chi connectivity index (χ0n) is 22.3. The standard InChI is InChI=1S/C30H34ClN3O4/c1-5-37-26-14-19(10-11-25(26)38-18-20-8-6-7-9-22(20)31)27-21(17-32)29(33)34(12-13-36-4)23-15-30(2,3)16-24(35)28(23)27/h6-11,14,27H,5,12-13,15-16,18,33H2,1-4H3/t27-/m1/s1. The Balaban J connectivity index is 1.78. The van der Waals surface area contributed by atoms with Crippen molar-refractivity contribution in [3.63, 3.8) is 0 Å². The van der Waals surface area contributed by atoms with Crippen molar-refractivity contribution >= 4 is 17.4 Å². The molecule has 0 saturated carbocycles. The minimum atomic E-state index is -0.589. The molecule has 7 nitrogen and oxygen atoms in total. The molecule has 0 bridgehead atoms. The summed E-state index contributed by atoms with van der Waals surface area (Å²) in [6.07, 6.45) is 1.07. The van der Waals surface area contributed by atoms with Crippen molar-refractivity contribution in [2.75, 3.05) is 26.9 Å². The molecule has 0 unspecified atom stereocenters. The largest absolute Gasteiger partial charge is 0.490 e. The molecule has 0 fully saturated rings. The van der Waals surface area contributed by atoms with E-state index in [9.17, 15) is 10.1 Å². The Morgan fingerprint density at radius 3 is 2.61 bits per heavy atom. The average Bonchev–Trinajstić information content (AvgIpc) is 2.87. The van der Waals surface area contributed by atoms with Crippen LogP contribution in [-0.4, -0.2) is 37.6 Å². The van der Waals surface area contributed by atoms with Crippen LogP contribution >= 0.6 is 11.6 Å². The first kappa shape index (κ1) is 27.6. The van der Waals surface area contributed by atoms with Crippen LogP contribution in [0.4, 0.5) is 0 Å². The number of ketones is 1. The van der Waals surface area contributed by atoms with Crippen molar-refractivity contribution in [2.45, 2.75) is 46.1 Å². The zero-order valence-corrected chi connectivity index (χ0v) is 23.1. The first-order valence-electron chi connectivity index (χ1n) is 12.8. The maximum atomic E-state index is 13.6. The third kappa shape index (κ3) is 5.52. The number of hydrogen-bond donors (Lipinski definition) is 1. The third-order valence-electron chi connectivity index (χ3n) is 6.95. The highest BCUT2D eigenvalue weighted by molar-refractivity contribution is 6.31. The number of carbonyl (C=O) groups is 1. The van der Waals surface area contributed by atoms with E-state index in [0.29, 0.717) is 66.1 Å². The number of benzene rings is 2. The molecule has 1 atom stereocenters. The van der Waals surface area contributed by atoms with Crippen LogP contribution in [0.25, 0.3) is 0 Å². The van der Waals surface area contributed by atoms with Gasteiger partial charge in [-0.3, -0.25) is 4.79 Å². The number of nitriles is 1. The summed E-state index contributed by atoms with van der Waals surface area (Å²) in [5, 5.41) is 10.9. The van der Waals surface area contributed by atoms with Gasteiger partial charge in [0, 0.05) is 41.9 Å². The second-order valence-electron chi connectivity index (χ2n) is 10.3. The van der Waals surface area contributed by atoms with Gasteiger partial charge in [0.05, 0.1) is 30.8 Å². The highest BCUT2D eigenvalue weighted by Gasteiger charge is 2.44. The lowest BCUT2D eigenvalue weighted by Crippen LogP contribution is -2.43. The predicted octanol–water partition coefficient (Wildman–Crippen LogP) is 5.70. The molecule has 1 aliphatic carbocycles. The SMILES string of the molecule is CCOc1cc([C@@H]2C(C#N)=C(N)N(CCOC)C3=C2C(=O)CC(C)(C)C3)ccc1OCc1ccccc1Cl. The summed E-state index contributed by atoms with van der Waals surface area (Å²) in [6, 6.07) is 15.3. The molecule has 0 saturated heterocycles. The maximum Gasteiger partial charge on any atom is 0.162 e. The van der Waals surface area contributed by atoms with Gasteiger partial charge < -0.3 is 24.8 Å². The number of nitrogens with zero attached hydrogens (tertiary/aromatic N) is 2. The van der Waals surface area contributed by atoms with E-state index >= 15 is 0 Å². The number of Topliss-reactive ketones (excluding diaryl/α,β-unsaturated/α-hetero) is 1. The van der Waals surface area contributed by atoms with Crippen LogP contribution in [0.2, 0.25) is 5.02 Å². The molecule has 4 rings (SSSR count). The number of halogens is 1. The minimum absolute atomic E-state index is 0.0286. The van der Waals surface area contributed by atoms with Crippen molar-refractivity contribution < 1.29 is 19.0 Å². The second-order valence-corrected chi connectivity index (χ2v) is 10.7. The molecular formula is C30H34ClN3O4. The van der Waals surface area contributed by atoms with E-state index in [1.54, 1.807) is 7.11 Å². The molecule has 200 valence electrons. The van der Waals surface area contributed by atoms with Crippen LogP contribution in [0, 0.1) is 16.7 Å². The summed E-state index contributed by atoms with van der Waals surface area (Å²) >= 11 is 6.30. The summed E-state index contributed by atoms with van der Waals surface area (Å²) in [7, 11) is 1.62. The molecule has 8 heteroatoms. The van der Waals surface area contributed by atoms with Gasteiger partial charge in [0.25, 0.3) is 0 Å². The van der Waals surface area contributed by atoms with Gasteiger partial charge in [-0.1, -0.05) is 49.7 Å². The fraction of sp³-hybridized carbons (Fsp3) is 0.400. The van der Waals surface area contributed by atoms with Gasteiger partial charge in [0.2, 0.25) is 0 Å². The van der Waals surface area contributed by atoms with E-state index < -0.39 is 5.92 Å². The van der Waals surface area contributed by atoms with Gasteiger partial charge in [-0.2, -0.15) is 5.26 Å². The number of hydrogen-bond acceptors (Lipinski definition) is 7. The van der Waals surface area contributed by atoms with Crippen molar-refractivity contribution in [2.24, 2.45) is 11.1 Å². The average molecular weight is 536 g/mol. The fourth-order valence-electron chi connectivity index (χ4n) is 5.21. The Morgan fingerprint density at radius 2 is 1.92 bits per heavy atom. The van der Waals surface area contributed by atoms with Crippen LogP contribution in [0.3, 0.4) is 0 Å². The number of carbonyl (C=O) groups excluding carboxylic acids is 1. The van der Waals surface area contributed by atoms with Gasteiger partial charge in [-0.25, -0.2) is 0 Å². The predicted molar refractivity (Wildman–Crippen MR) is 147 cm³/mol. The highest BCUT2D eigenvalue weighted by atomic mass is 35.5. The quantitative estimate of drug-likeness (QED) is 0.439. The monoisotopic (exact) mass is 535 g/mol. The van der Waals surface area contributed by atoms with Crippen LogP contribution in [0.1, 0.15) is 50.7 Å². The third-order valence-corrected chi connectivity index (χ3v) is 7.32. The van der Waals surface area contributed by atoms with Gasteiger partial charge >= 0.3 is 0 Å². The molecule has 2 aliphatic rings. The molecule has 0 radical (unpaired) electrons. The molecule has 1 aliphatic heterocycles. The van der Waals surface area contributed by atoms with Crippen LogP contribution in [-0.2, 0) is 16.1 Å². The van der Waals surface area contributed by atoms with Gasteiger partial charge in [-0.15, -0.1) is 0 Å². The Labute approximate surface area is 229 Å². The first-order valence-corrected chi connectivity index (χ1v) is 13.1. The van der Waals surface area contributed by atoms with Crippen molar-refractivity contribution in [3.05, 3.63) is 81.3 Å². The van der Waals surface area contributed by atoms with Crippen molar-refractivity contribution in [1.29, 1.82) is 5.26 Å². The van der Waals surface area contributed by atoms with Gasteiger partial charge in [0.1, 0.15) is 12.4 Å². The van der Waals surface area contributed by atoms with Gasteiger partial charge in [-0.05, 0) is 42.5 Å². The molecule has 38 heavy (non-hydrogen) atoms. The molecule has 2 N–H and O–H groups in total. The van der Waals surface area contributed by atoms with E-state index in [4.69, 9.17) is 31.5 Å². The smallest absolute Gasteiger partial charge is 0.162 e. The van der Waals surface area contributed by atoms with E-state index in [0.717, 1.165) is 16.8 Å². The molecule has 0 aromatic heterocycles. The van der Waals surface area contributed by atoms with Crippen molar-refractivity contribution in [3.8, 4) is 17.6 Å². The lowest BCUT2D eigenvalue weighted by molar-refractivity contribution is -0.118. The highest BCUT2D eigenvalue weighted by Crippen LogP contribution is 2.49. The Morgan fingerprint density at radius 1 is 1.16 bits per heavy atom. The van der Waals surface area contributed by atoms with E-state index in [1.807, 2.05) is 54.3 Å². The zero-order chi connectivity index (χ0) is 27.4. The van der Waals surface area contributed by atoms with E-state index in [2.05, 4.69) is 19.9 Å². The maximum absolute atomic E-state index is 13.6. The minimum Gasteiger partial charge on any atom is -0.490 e. The van der Waals surface area contributed by atoms with Crippen LogP contribution < -0.4 is 15.2 Å². The lowest BCUT2D eigenvalue weighted by atomic mass is 9.68. The number of rotatable bonds is 9. The number of allylic oxidation sites excluding steroid dienone is 3. The molecule has 2 aromatic carbocycles. The van der Waals surface area contributed by atoms with E-state index in [1.165, 1.54) is 0 Å². The lowest BCUT2D eigenvalue weighted by Gasteiger charge is -2.43. The topological polar surface area (TPSA) is 97.8 Å². The van der Waals surface area contributed by atoms with Gasteiger partial charge in [0.15, 0.2) is 17.3 Å². The molecule has 1 heterocycles. The molecule has 0 amide bonds. The molecular weight excluding hydrogens is 502 g/mol. The molecule has 0 spiro atoms. The summed E-state index contributed by atoms with van der Waals surface area (Å²) in [4.78, 5) is 15.5. The summed E-state index contributed by atoms with van der Waals surface area (Å²) < 4.78 is 17.3. The first-order chi connectivity index (χ1) is 18.2. The fourth-order valence-corrected chi connectivity index (χ4v) is 5.40. The van der Waals surface area contributed by atoms with Crippen LogP contribution in [0.5, 0.6) is 11.5 Å². The normalized spacial score (nSPS) is 18.8. The Hall–Kier alpha value is -3.47. The Bertz CT molecular complexity index is 1330. The number of methoxy groups -OCH3 is 1. The van der Waals surface area contributed by atoms with Crippen LogP contribution in [0.15, 0.2) is 65.1 Å². The Kier molecular flexibility index (Phi) is 8.35. The molecule has 2 aromatic rings. The second kappa shape index (κ2) is 11.5. The number of ether oxygens (including phenoxy) is 3. The van der Waals surface area contributed by atoms with Crippen molar-refractivity contribution in [1.82, 2.24) is 4.90 Å². The number of nitrogens with two attached hydrogens (primary N) is 1. The summed E-state index contributed by atoms with van der Waals surface area (Å²) in [6.45, 7) is 7.63.